The van der Waals surface area contributed by atoms with E-state index in [1.165, 1.54) is 89.9 Å². The maximum Gasteiger partial charge on any atom is 0.305 e. The van der Waals surface area contributed by atoms with Crippen molar-refractivity contribution in [3.05, 3.63) is 0 Å². The monoisotopic (exact) mass is 691 g/mol. The molecule has 48 heavy (non-hydrogen) atoms. The van der Waals surface area contributed by atoms with Gasteiger partial charge in [0.05, 0.1) is 79.3 Å². The molecule has 0 heterocycles. The molecule has 0 aromatic rings. The van der Waals surface area contributed by atoms with Crippen molar-refractivity contribution in [3.63, 3.8) is 0 Å². The van der Waals surface area contributed by atoms with Crippen molar-refractivity contribution in [2.24, 2.45) is 0 Å². The van der Waals surface area contributed by atoms with Crippen molar-refractivity contribution in [3.8, 4) is 0 Å². The van der Waals surface area contributed by atoms with E-state index in [2.05, 4.69) is 13.8 Å². The van der Waals surface area contributed by atoms with Crippen molar-refractivity contribution in [1.29, 1.82) is 0 Å². The third-order valence-corrected chi connectivity index (χ3v) is 7.81. The molecule has 0 aliphatic carbocycles. The summed E-state index contributed by atoms with van der Waals surface area (Å²) in [5.41, 5.74) is 0. The van der Waals surface area contributed by atoms with Crippen LogP contribution in [0.15, 0.2) is 0 Å². The largest absolute Gasteiger partial charge is 0.463 e. The fraction of sp³-hybridized carbons (Fsp3) is 0.947. The lowest BCUT2D eigenvalue weighted by Gasteiger charge is -2.09. The number of unbranched alkanes of at least 4 members (excludes halogenated alkanes) is 16. The summed E-state index contributed by atoms with van der Waals surface area (Å²) >= 11 is 0. The van der Waals surface area contributed by atoms with Gasteiger partial charge in [-0.3, -0.25) is 9.59 Å². The summed E-state index contributed by atoms with van der Waals surface area (Å²) in [5.74, 6) is -0.278. The molecule has 0 saturated heterocycles. The van der Waals surface area contributed by atoms with Gasteiger partial charge < -0.3 is 37.9 Å². The first-order valence-electron chi connectivity index (χ1n) is 19.5. The van der Waals surface area contributed by atoms with Crippen LogP contribution in [0.2, 0.25) is 0 Å². The molecule has 0 aliphatic heterocycles. The fourth-order valence-corrected chi connectivity index (χ4v) is 4.93. The summed E-state index contributed by atoms with van der Waals surface area (Å²) in [6, 6.07) is 0. The SMILES string of the molecule is CCCCCCCCCCCCCCCC(=O)OCCOCCOCCOCCOCCOCCOCCOC(=O)CCCCCCC. The van der Waals surface area contributed by atoms with Gasteiger partial charge in [0.15, 0.2) is 0 Å². The molecule has 0 aliphatic rings. The van der Waals surface area contributed by atoms with E-state index in [9.17, 15) is 9.59 Å². The van der Waals surface area contributed by atoms with E-state index < -0.39 is 0 Å². The Morgan fingerprint density at radius 3 is 0.750 bits per heavy atom. The quantitative estimate of drug-likeness (QED) is 0.0462. The van der Waals surface area contributed by atoms with Crippen molar-refractivity contribution in [2.45, 2.75) is 142 Å². The Labute approximate surface area is 293 Å². The molecule has 10 nitrogen and oxygen atoms in total. The van der Waals surface area contributed by atoms with Crippen LogP contribution in [0.1, 0.15) is 142 Å². The van der Waals surface area contributed by atoms with Crippen LogP contribution in [0, 0.1) is 0 Å². The van der Waals surface area contributed by atoms with Crippen molar-refractivity contribution in [2.75, 3.05) is 92.5 Å². The summed E-state index contributed by atoms with van der Waals surface area (Å²) in [4.78, 5) is 23.5. The zero-order valence-corrected chi connectivity index (χ0v) is 31.1. The summed E-state index contributed by atoms with van der Waals surface area (Å²) in [5, 5.41) is 0. The molecule has 286 valence electrons. The highest BCUT2D eigenvalue weighted by atomic mass is 16.6. The van der Waals surface area contributed by atoms with Gasteiger partial charge in [-0.1, -0.05) is 117 Å². The molecule has 0 bridgehead atoms. The number of rotatable bonds is 41. The molecule has 0 amide bonds. The van der Waals surface area contributed by atoms with Crippen LogP contribution in [0.25, 0.3) is 0 Å². The molecule has 0 N–H and O–H groups in total. The second-order valence-corrected chi connectivity index (χ2v) is 12.3. The average Bonchev–Trinajstić information content (AvgIpc) is 3.09. The van der Waals surface area contributed by atoms with Gasteiger partial charge in [0.1, 0.15) is 13.2 Å². The van der Waals surface area contributed by atoms with E-state index in [0.29, 0.717) is 92.1 Å². The van der Waals surface area contributed by atoms with E-state index in [1.54, 1.807) is 0 Å². The number of esters is 2. The lowest BCUT2D eigenvalue weighted by molar-refractivity contribution is -0.146. The average molecular weight is 691 g/mol. The summed E-state index contributed by atoms with van der Waals surface area (Å²) < 4.78 is 43.2. The van der Waals surface area contributed by atoms with Gasteiger partial charge in [-0.25, -0.2) is 0 Å². The Bertz CT molecular complexity index is 649. The van der Waals surface area contributed by atoms with Gasteiger partial charge in [-0.15, -0.1) is 0 Å². The topological polar surface area (TPSA) is 108 Å². The van der Waals surface area contributed by atoms with Crippen LogP contribution in [-0.2, 0) is 47.5 Å². The minimum Gasteiger partial charge on any atom is -0.463 e. The van der Waals surface area contributed by atoms with Gasteiger partial charge in [-0.05, 0) is 12.8 Å². The standard InChI is InChI=1S/C38H74O10/c1-3-5-7-9-10-11-12-13-14-15-16-18-20-22-38(40)48-36-34-46-32-30-44-28-26-42-24-23-41-25-27-43-29-31-45-33-35-47-37(39)21-19-17-8-6-4-2/h3-36H2,1-2H3. The first-order chi connectivity index (χ1) is 23.7. The van der Waals surface area contributed by atoms with E-state index >= 15 is 0 Å². The van der Waals surface area contributed by atoms with Crippen molar-refractivity contribution >= 4 is 11.9 Å². The molecule has 0 rings (SSSR count). The smallest absolute Gasteiger partial charge is 0.305 e. The molecule has 0 aromatic heterocycles. The van der Waals surface area contributed by atoms with Gasteiger partial charge in [0, 0.05) is 12.8 Å². The minimum atomic E-state index is -0.146. The zero-order valence-electron chi connectivity index (χ0n) is 31.1. The van der Waals surface area contributed by atoms with Crippen LogP contribution in [0.4, 0.5) is 0 Å². The maximum atomic E-state index is 11.9. The fourth-order valence-electron chi connectivity index (χ4n) is 4.93. The molecule has 0 fully saturated rings. The number of hydrogen-bond acceptors (Lipinski definition) is 10. The molecular formula is C38H74O10. The van der Waals surface area contributed by atoms with Crippen LogP contribution in [0.3, 0.4) is 0 Å². The number of carbonyl (C=O) groups excluding carboxylic acids is 2. The maximum absolute atomic E-state index is 11.9. The van der Waals surface area contributed by atoms with Gasteiger partial charge in [-0.2, -0.15) is 0 Å². The minimum absolute atomic E-state index is 0.132. The number of ether oxygens (including phenoxy) is 8. The van der Waals surface area contributed by atoms with E-state index in [0.717, 1.165) is 25.7 Å². The van der Waals surface area contributed by atoms with Crippen LogP contribution in [-0.4, -0.2) is 104 Å². The van der Waals surface area contributed by atoms with Crippen molar-refractivity contribution < 1.29 is 47.5 Å². The Hall–Kier alpha value is -1.30. The highest BCUT2D eigenvalue weighted by Crippen LogP contribution is 2.13. The third kappa shape index (κ3) is 40.9. The number of carbonyl (C=O) groups is 2. The molecule has 0 spiro atoms. The lowest BCUT2D eigenvalue weighted by Crippen LogP contribution is -2.15. The van der Waals surface area contributed by atoms with Crippen molar-refractivity contribution in [1.82, 2.24) is 0 Å². The highest BCUT2D eigenvalue weighted by Gasteiger charge is 2.04. The lowest BCUT2D eigenvalue weighted by atomic mass is 10.0. The molecule has 0 saturated carbocycles. The second-order valence-electron chi connectivity index (χ2n) is 12.3. The summed E-state index contributed by atoms with van der Waals surface area (Å²) in [7, 11) is 0. The summed E-state index contributed by atoms with van der Waals surface area (Å²) in [6.45, 7) is 10.6. The highest BCUT2D eigenvalue weighted by molar-refractivity contribution is 5.69. The molecule has 0 aromatic carbocycles. The predicted molar refractivity (Wildman–Crippen MR) is 191 cm³/mol. The van der Waals surface area contributed by atoms with E-state index in [1.807, 2.05) is 0 Å². The van der Waals surface area contributed by atoms with Crippen LogP contribution >= 0.6 is 0 Å². The first kappa shape index (κ1) is 46.7. The Kier molecular flexibility index (Phi) is 40.7. The van der Waals surface area contributed by atoms with Crippen LogP contribution < -0.4 is 0 Å². The molecule has 0 radical (unpaired) electrons. The molecule has 0 unspecified atom stereocenters. The van der Waals surface area contributed by atoms with Gasteiger partial charge in [0.2, 0.25) is 0 Å². The van der Waals surface area contributed by atoms with Crippen LogP contribution in [0.5, 0.6) is 0 Å². The van der Waals surface area contributed by atoms with Gasteiger partial charge in [0.25, 0.3) is 0 Å². The second kappa shape index (κ2) is 41.9. The Morgan fingerprint density at radius 1 is 0.292 bits per heavy atom. The first-order valence-corrected chi connectivity index (χ1v) is 19.5. The van der Waals surface area contributed by atoms with E-state index in [-0.39, 0.29) is 25.2 Å². The molecule has 10 heteroatoms. The normalized spacial score (nSPS) is 11.3. The number of hydrogen-bond donors (Lipinski definition) is 0. The molecular weight excluding hydrogens is 616 g/mol. The van der Waals surface area contributed by atoms with Gasteiger partial charge >= 0.3 is 11.9 Å². The van der Waals surface area contributed by atoms with E-state index in [4.69, 9.17) is 37.9 Å². The predicted octanol–water partition coefficient (Wildman–Crippen LogP) is 8.01. The summed E-state index contributed by atoms with van der Waals surface area (Å²) in [6.07, 6.45) is 23.4. The Balaban J connectivity index is 3.17. The molecule has 0 atom stereocenters. The Morgan fingerprint density at radius 2 is 0.500 bits per heavy atom. The third-order valence-electron chi connectivity index (χ3n) is 7.81. The zero-order chi connectivity index (χ0) is 34.9.